The van der Waals surface area contributed by atoms with E-state index in [1.165, 1.54) is 25.7 Å². The highest BCUT2D eigenvalue weighted by Gasteiger charge is 2.07. The van der Waals surface area contributed by atoms with Crippen molar-refractivity contribution >= 4 is 5.91 Å². The van der Waals surface area contributed by atoms with Crippen LogP contribution in [-0.4, -0.2) is 32.7 Å². The van der Waals surface area contributed by atoms with E-state index in [2.05, 4.69) is 27.8 Å². The van der Waals surface area contributed by atoms with Crippen LogP contribution in [0.3, 0.4) is 0 Å². The molecule has 0 atom stereocenters. The second kappa shape index (κ2) is 8.26. The number of amides is 1. The number of aryl methyl sites for hydroxylation is 1. The molecule has 0 spiro atoms. The van der Waals surface area contributed by atoms with E-state index in [9.17, 15) is 4.79 Å². The van der Waals surface area contributed by atoms with Crippen molar-refractivity contribution in [2.45, 2.75) is 46.0 Å². The molecule has 1 amide bonds. The van der Waals surface area contributed by atoms with Gasteiger partial charge < -0.3 is 5.32 Å². The molecule has 0 fully saturated rings. The Morgan fingerprint density at radius 2 is 1.86 bits per heavy atom. The van der Waals surface area contributed by atoms with Gasteiger partial charge >= 0.3 is 0 Å². The third-order valence-electron chi connectivity index (χ3n) is 3.57. The molecule has 6 heteroatoms. The molecule has 22 heavy (non-hydrogen) atoms. The first-order valence-corrected chi connectivity index (χ1v) is 7.86. The van der Waals surface area contributed by atoms with E-state index < -0.39 is 0 Å². The maximum absolute atomic E-state index is 12.0. The molecule has 0 saturated heterocycles. The van der Waals surface area contributed by atoms with Gasteiger partial charge in [0.15, 0.2) is 5.82 Å². The summed E-state index contributed by atoms with van der Waals surface area (Å²) in [5.41, 5.74) is 1.50. The number of hydrogen-bond donors (Lipinski definition) is 1. The van der Waals surface area contributed by atoms with Gasteiger partial charge in [0.2, 0.25) is 0 Å². The maximum atomic E-state index is 12.0. The molecule has 0 unspecified atom stereocenters. The molecule has 0 aliphatic rings. The van der Waals surface area contributed by atoms with Gasteiger partial charge in [-0.25, -0.2) is 0 Å². The lowest BCUT2D eigenvalue weighted by Gasteiger charge is -2.06. The number of tetrazole rings is 1. The average molecular weight is 301 g/mol. The van der Waals surface area contributed by atoms with E-state index in [4.69, 9.17) is 0 Å². The first-order chi connectivity index (χ1) is 10.7. The third kappa shape index (κ3) is 4.38. The van der Waals surface area contributed by atoms with Gasteiger partial charge in [-0.3, -0.25) is 4.79 Å². The standard InChI is InChI=1S/C16H23N5O/c1-3-4-5-6-7-12-17-16(22)14-8-10-15(11-9-14)21-13(2)18-19-20-21/h8-11H,3-7,12H2,1-2H3,(H,17,22). The zero-order chi connectivity index (χ0) is 15.8. The topological polar surface area (TPSA) is 72.7 Å². The van der Waals surface area contributed by atoms with Crippen LogP contribution in [0.15, 0.2) is 24.3 Å². The zero-order valence-corrected chi connectivity index (χ0v) is 13.2. The summed E-state index contributed by atoms with van der Waals surface area (Å²) in [6.45, 7) is 4.76. The number of nitrogens with one attached hydrogen (secondary N) is 1. The molecule has 0 saturated carbocycles. The van der Waals surface area contributed by atoms with Crippen LogP contribution in [0.4, 0.5) is 0 Å². The zero-order valence-electron chi connectivity index (χ0n) is 13.2. The molecule has 1 aromatic carbocycles. The first-order valence-electron chi connectivity index (χ1n) is 7.86. The summed E-state index contributed by atoms with van der Waals surface area (Å²) in [5.74, 6) is 0.680. The summed E-state index contributed by atoms with van der Waals surface area (Å²) in [4.78, 5) is 12.0. The Kier molecular flexibility index (Phi) is 6.06. The highest BCUT2D eigenvalue weighted by Crippen LogP contribution is 2.09. The molecular weight excluding hydrogens is 278 g/mol. The van der Waals surface area contributed by atoms with Crippen molar-refractivity contribution in [2.75, 3.05) is 6.54 Å². The highest BCUT2D eigenvalue weighted by molar-refractivity contribution is 5.94. The summed E-state index contributed by atoms with van der Waals surface area (Å²) in [7, 11) is 0. The van der Waals surface area contributed by atoms with Gasteiger partial charge in [-0.2, -0.15) is 4.68 Å². The fourth-order valence-corrected chi connectivity index (χ4v) is 2.26. The van der Waals surface area contributed by atoms with Crippen molar-refractivity contribution in [1.29, 1.82) is 0 Å². The number of nitrogens with zero attached hydrogens (tertiary/aromatic N) is 4. The molecule has 6 nitrogen and oxygen atoms in total. The Hall–Kier alpha value is -2.24. The SMILES string of the molecule is CCCCCCCNC(=O)c1ccc(-n2nnnc2C)cc1. The van der Waals surface area contributed by atoms with Crippen LogP contribution in [0.1, 0.15) is 55.2 Å². The minimum Gasteiger partial charge on any atom is -0.352 e. The van der Waals surface area contributed by atoms with Crippen molar-refractivity contribution < 1.29 is 4.79 Å². The molecule has 1 heterocycles. The van der Waals surface area contributed by atoms with E-state index in [1.54, 1.807) is 16.8 Å². The molecule has 1 N–H and O–H groups in total. The Balaban J connectivity index is 1.83. The lowest BCUT2D eigenvalue weighted by atomic mass is 10.1. The normalized spacial score (nSPS) is 10.6. The molecule has 0 bridgehead atoms. The molecule has 0 radical (unpaired) electrons. The lowest BCUT2D eigenvalue weighted by Crippen LogP contribution is -2.24. The molecule has 0 aliphatic carbocycles. The number of aromatic nitrogens is 4. The minimum atomic E-state index is -0.0320. The molecule has 118 valence electrons. The molecule has 2 rings (SSSR count). The number of hydrogen-bond acceptors (Lipinski definition) is 4. The van der Waals surface area contributed by atoms with Crippen molar-refractivity contribution in [1.82, 2.24) is 25.5 Å². The summed E-state index contributed by atoms with van der Waals surface area (Å²) in [6.07, 6.45) is 5.96. The van der Waals surface area contributed by atoms with E-state index in [-0.39, 0.29) is 5.91 Å². The Labute approximate surface area is 130 Å². The second-order valence-corrected chi connectivity index (χ2v) is 5.35. The second-order valence-electron chi connectivity index (χ2n) is 5.35. The Morgan fingerprint density at radius 3 is 2.50 bits per heavy atom. The minimum absolute atomic E-state index is 0.0320. The third-order valence-corrected chi connectivity index (χ3v) is 3.57. The van der Waals surface area contributed by atoms with Crippen LogP contribution >= 0.6 is 0 Å². The highest BCUT2D eigenvalue weighted by atomic mass is 16.1. The fraction of sp³-hybridized carbons (Fsp3) is 0.500. The Morgan fingerprint density at radius 1 is 1.14 bits per heavy atom. The largest absolute Gasteiger partial charge is 0.352 e. The van der Waals surface area contributed by atoms with Crippen LogP contribution in [0.2, 0.25) is 0 Å². The number of rotatable bonds is 8. The molecule has 2 aromatic rings. The van der Waals surface area contributed by atoms with Crippen molar-refractivity contribution in [3.05, 3.63) is 35.7 Å². The molecule has 1 aromatic heterocycles. The maximum Gasteiger partial charge on any atom is 0.251 e. The van der Waals surface area contributed by atoms with Crippen LogP contribution in [0.25, 0.3) is 5.69 Å². The van der Waals surface area contributed by atoms with E-state index in [1.807, 2.05) is 19.1 Å². The lowest BCUT2D eigenvalue weighted by molar-refractivity contribution is 0.0953. The van der Waals surface area contributed by atoms with Gasteiger partial charge in [-0.05, 0) is 48.0 Å². The van der Waals surface area contributed by atoms with Crippen LogP contribution < -0.4 is 5.32 Å². The van der Waals surface area contributed by atoms with Crippen LogP contribution in [0, 0.1) is 6.92 Å². The summed E-state index contributed by atoms with van der Waals surface area (Å²) < 4.78 is 1.63. The first kappa shape index (κ1) is 16.1. The van der Waals surface area contributed by atoms with E-state index >= 15 is 0 Å². The van der Waals surface area contributed by atoms with Gasteiger partial charge in [-0.1, -0.05) is 32.6 Å². The van der Waals surface area contributed by atoms with Crippen molar-refractivity contribution in [3.8, 4) is 5.69 Å². The number of carbonyl (C=O) groups is 1. The molecular formula is C16H23N5O. The summed E-state index contributed by atoms with van der Waals surface area (Å²) >= 11 is 0. The van der Waals surface area contributed by atoms with Gasteiger partial charge in [0, 0.05) is 12.1 Å². The monoisotopic (exact) mass is 301 g/mol. The van der Waals surface area contributed by atoms with E-state index in [0.29, 0.717) is 11.4 Å². The quantitative estimate of drug-likeness (QED) is 0.761. The smallest absolute Gasteiger partial charge is 0.251 e. The van der Waals surface area contributed by atoms with Crippen LogP contribution in [-0.2, 0) is 0 Å². The van der Waals surface area contributed by atoms with E-state index in [0.717, 1.165) is 18.7 Å². The van der Waals surface area contributed by atoms with Gasteiger partial charge in [0.25, 0.3) is 5.91 Å². The summed E-state index contributed by atoms with van der Waals surface area (Å²) in [6, 6.07) is 7.28. The predicted molar refractivity (Wildman–Crippen MR) is 85.0 cm³/mol. The summed E-state index contributed by atoms with van der Waals surface area (Å²) in [5, 5.41) is 14.3. The molecule has 0 aliphatic heterocycles. The van der Waals surface area contributed by atoms with Crippen molar-refractivity contribution in [2.24, 2.45) is 0 Å². The van der Waals surface area contributed by atoms with Gasteiger partial charge in [0.1, 0.15) is 0 Å². The van der Waals surface area contributed by atoms with Gasteiger partial charge in [-0.15, -0.1) is 5.10 Å². The van der Waals surface area contributed by atoms with Gasteiger partial charge in [0.05, 0.1) is 5.69 Å². The van der Waals surface area contributed by atoms with Crippen LogP contribution in [0.5, 0.6) is 0 Å². The number of unbranched alkanes of at least 4 members (excludes halogenated alkanes) is 4. The fourth-order valence-electron chi connectivity index (χ4n) is 2.26. The average Bonchev–Trinajstić information content (AvgIpc) is 2.97. The predicted octanol–water partition coefficient (Wildman–Crippen LogP) is 2.67. The van der Waals surface area contributed by atoms with Crippen molar-refractivity contribution in [3.63, 3.8) is 0 Å². The number of benzene rings is 1. The Bertz CT molecular complexity index is 591. The number of carbonyl (C=O) groups excluding carboxylic acids is 1.